The second-order valence-corrected chi connectivity index (χ2v) is 6.51. The van der Waals surface area contributed by atoms with Crippen LogP contribution in [0, 0.1) is 5.92 Å². The Morgan fingerprint density at radius 3 is 2.96 bits per heavy atom. The van der Waals surface area contributed by atoms with E-state index in [1.807, 2.05) is 25.1 Å². The van der Waals surface area contributed by atoms with Crippen LogP contribution in [0.25, 0.3) is 11.0 Å². The van der Waals surface area contributed by atoms with Gasteiger partial charge in [-0.25, -0.2) is 0 Å². The third kappa shape index (κ3) is 5.60. The number of piperidine rings is 1. The number of para-hydroxylation sites is 1. The summed E-state index contributed by atoms with van der Waals surface area (Å²) in [5.74, 6) is 1.61. The monoisotopic (exact) mass is 485 g/mol. The average Bonchev–Trinajstić information content (AvgIpc) is 3.08. The van der Waals surface area contributed by atoms with Crippen LogP contribution >= 0.6 is 24.0 Å². The van der Waals surface area contributed by atoms with Crippen molar-refractivity contribution in [3.05, 3.63) is 36.1 Å². The van der Waals surface area contributed by atoms with Crippen molar-refractivity contribution in [2.45, 2.75) is 26.2 Å². The maximum Gasteiger partial charge on any atom is 0.310 e. The molecule has 1 aliphatic rings. The second kappa shape index (κ2) is 10.5. The number of rotatable bonds is 5. The molecule has 1 saturated heterocycles. The molecule has 3 rings (SSSR count). The molecule has 0 radical (unpaired) electrons. The van der Waals surface area contributed by atoms with Crippen LogP contribution < -0.4 is 5.32 Å². The van der Waals surface area contributed by atoms with Crippen molar-refractivity contribution in [2.24, 2.45) is 10.9 Å². The van der Waals surface area contributed by atoms with E-state index in [2.05, 4.69) is 27.3 Å². The van der Waals surface area contributed by atoms with Crippen molar-refractivity contribution in [3.63, 3.8) is 0 Å². The molecule has 0 amide bonds. The van der Waals surface area contributed by atoms with E-state index in [0.717, 1.165) is 55.0 Å². The standard InChI is InChI=1S/C20H27N3O3.HI/c1-3-25-19(24)16-8-6-12-23(14-16)20(21-2)22-11-10-17-13-15-7-4-5-9-18(15)26-17;/h4-5,7,9,13,16H,3,6,8,10-12,14H2,1-2H3,(H,21,22);1H. The van der Waals surface area contributed by atoms with Crippen LogP contribution in [0.15, 0.2) is 39.7 Å². The summed E-state index contributed by atoms with van der Waals surface area (Å²) in [6.45, 7) is 4.56. The number of fused-ring (bicyclic) bond motifs is 1. The summed E-state index contributed by atoms with van der Waals surface area (Å²) in [5.41, 5.74) is 0.917. The lowest BCUT2D eigenvalue weighted by molar-refractivity contribution is -0.149. The molecule has 27 heavy (non-hydrogen) atoms. The van der Waals surface area contributed by atoms with E-state index in [4.69, 9.17) is 9.15 Å². The fourth-order valence-electron chi connectivity index (χ4n) is 3.41. The molecular formula is C20H28IN3O3. The zero-order valence-corrected chi connectivity index (χ0v) is 18.3. The number of benzene rings is 1. The maximum absolute atomic E-state index is 12.0. The van der Waals surface area contributed by atoms with Crippen molar-refractivity contribution >= 4 is 46.9 Å². The van der Waals surface area contributed by atoms with E-state index < -0.39 is 0 Å². The van der Waals surface area contributed by atoms with Crippen LogP contribution in [0.1, 0.15) is 25.5 Å². The molecule has 0 bridgehead atoms. The van der Waals surface area contributed by atoms with E-state index >= 15 is 0 Å². The van der Waals surface area contributed by atoms with E-state index in [1.54, 1.807) is 7.05 Å². The van der Waals surface area contributed by atoms with Gasteiger partial charge in [0.15, 0.2) is 5.96 Å². The van der Waals surface area contributed by atoms with Crippen molar-refractivity contribution in [1.82, 2.24) is 10.2 Å². The van der Waals surface area contributed by atoms with E-state index in [9.17, 15) is 4.79 Å². The minimum absolute atomic E-state index is 0. The highest BCUT2D eigenvalue weighted by molar-refractivity contribution is 14.0. The highest BCUT2D eigenvalue weighted by Crippen LogP contribution is 2.20. The summed E-state index contributed by atoms with van der Waals surface area (Å²) in [5, 5.41) is 4.51. The first-order valence-electron chi connectivity index (χ1n) is 9.31. The summed E-state index contributed by atoms with van der Waals surface area (Å²) in [6, 6.07) is 10.1. The first-order valence-corrected chi connectivity index (χ1v) is 9.31. The fraction of sp³-hybridized carbons (Fsp3) is 0.500. The summed E-state index contributed by atoms with van der Waals surface area (Å²) in [4.78, 5) is 18.5. The molecule has 1 aromatic heterocycles. The summed E-state index contributed by atoms with van der Waals surface area (Å²) in [7, 11) is 1.78. The van der Waals surface area contributed by atoms with Gasteiger partial charge in [0.2, 0.25) is 0 Å². The third-order valence-electron chi connectivity index (χ3n) is 4.68. The van der Waals surface area contributed by atoms with Gasteiger partial charge in [0.1, 0.15) is 11.3 Å². The molecule has 1 N–H and O–H groups in total. The number of hydrogen-bond acceptors (Lipinski definition) is 4. The number of halogens is 1. The fourth-order valence-corrected chi connectivity index (χ4v) is 3.41. The first kappa shape index (κ1) is 21.5. The van der Waals surface area contributed by atoms with Gasteiger partial charge in [0.25, 0.3) is 0 Å². The molecule has 1 fully saturated rings. The quantitative estimate of drug-likeness (QED) is 0.304. The van der Waals surface area contributed by atoms with Gasteiger partial charge in [0.05, 0.1) is 12.5 Å². The number of carbonyl (C=O) groups excluding carboxylic acids is 1. The largest absolute Gasteiger partial charge is 0.466 e. The molecular weight excluding hydrogens is 457 g/mol. The van der Waals surface area contributed by atoms with Crippen LogP contribution in [0.3, 0.4) is 0 Å². The number of esters is 1. The molecule has 1 aromatic carbocycles. The Morgan fingerprint density at radius 1 is 1.41 bits per heavy atom. The van der Waals surface area contributed by atoms with Crippen LogP contribution in [0.2, 0.25) is 0 Å². The molecule has 1 atom stereocenters. The van der Waals surface area contributed by atoms with Crippen molar-refractivity contribution in [2.75, 3.05) is 33.3 Å². The van der Waals surface area contributed by atoms with Gasteiger partial charge < -0.3 is 19.4 Å². The highest BCUT2D eigenvalue weighted by Gasteiger charge is 2.28. The number of carbonyl (C=O) groups is 1. The van der Waals surface area contributed by atoms with Gasteiger partial charge in [-0.15, -0.1) is 24.0 Å². The van der Waals surface area contributed by atoms with Crippen molar-refractivity contribution in [3.8, 4) is 0 Å². The number of hydrogen-bond donors (Lipinski definition) is 1. The smallest absolute Gasteiger partial charge is 0.310 e. The third-order valence-corrected chi connectivity index (χ3v) is 4.68. The van der Waals surface area contributed by atoms with Gasteiger partial charge >= 0.3 is 5.97 Å². The number of aliphatic imine (C=N–C) groups is 1. The Morgan fingerprint density at radius 2 is 2.22 bits per heavy atom. The Kier molecular flexibility index (Phi) is 8.40. The Labute approximate surface area is 177 Å². The molecule has 0 aliphatic carbocycles. The molecule has 6 nitrogen and oxygen atoms in total. The van der Waals surface area contributed by atoms with Gasteiger partial charge in [-0.2, -0.15) is 0 Å². The molecule has 7 heteroatoms. The lowest BCUT2D eigenvalue weighted by Crippen LogP contribution is -2.48. The predicted molar refractivity (Wildman–Crippen MR) is 118 cm³/mol. The first-order chi connectivity index (χ1) is 12.7. The summed E-state index contributed by atoms with van der Waals surface area (Å²) in [6.07, 6.45) is 2.63. The van der Waals surface area contributed by atoms with Crippen LogP contribution in [0.4, 0.5) is 0 Å². The molecule has 148 valence electrons. The second-order valence-electron chi connectivity index (χ2n) is 6.51. The SMILES string of the molecule is CCOC(=O)C1CCCN(C(=NC)NCCc2cc3ccccc3o2)C1.I. The number of ether oxygens (including phenoxy) is 1. The van der Waals surface area contributed by atoms with Gasteiger partial charge in [-0.3, -0.25) is 9.79 Å². The number of nitrogens with zero attached hydrogens (tertiary/aromatic N) is 2. The topological polar surface area (TPSA) is 67.1 Å². The Hall–Kier alpha value is -1.77. The zero-order chi connectivity index (χ0) is 18.4. The van der Waals surface area contributed by atoms with E-state index in [0.29, 0.717) is 13.2 Å². The van der Waals surface area contributed by atoms with Crippen molar-refractivity contribution in [1.29, 1.82) is 0 Å². The average molecular weight is 485 g/mol. The molecule has 0 saturated carbocycles. The van der Waals surface area contributed by atoms with Crippen LogP contribution in [0.5, 0.6) is 0 Å². The lowest BCUT2D eigenvalue weighted by atomic mass is 9.98. The number of furan rings is 1. The maximum atomic E-state index is 12.0. The predicted octanol–water partition coefficient (Wildman–Crippen LogP) is 3.44. The minimum atomic E-state index is -0.102. The zero-order valence-electron chi connectivity index (χ0n) is 15.9. The summed E-state index contributed by atoms with van der Waals surface area (Å²) >= 11 is 0. The molecule has 0 spiro atoms. The normalized spacial score (nSPS) is 17.5. The highest BCUT2D eigenvalue weighted by atomic mass is 127. The summed E-state index contributed by atoms with van der Waals surface area (Å²) < 4.78 is 11.0. The van der Waals surface area contributed by atoms with Crippen molar-refractivity contribution < 1.29 is 13.9 Å². The molecule has 1 unspecified atom stereocenters. The number of guanidine groups is 1. The van der Waals surface area contributed by atoms with Gasteiger partial charge in [0, 0.05) is 38.5 Å². The Balaban J connectivity index is 0.00000261. The molecule has 2 aromatic rings. The molecule has 2 heterocycles. The van der Waals surface area contributed by atoms with Crippen LogP contribution in [-0.2, 0) is 16.0 Å². The number of nitrogens with one attached hydrogen (secondary N) is 1. The minimum Gasteiger partial charge on any atom is -0.466 e. The molecule has 1 aliphatic heterocycles. The number of likely N-dealkylation sites (tertiary alicyclic amines) is 1. The van der Waals surface area contributed by atoms with E-state index in [1.165, 1.54) is 0 Å². The van der Waals surface area contributed by atoms with Gasteiger partial charge in [-0.05, 0) is 31.9 Å². The lowest BCUT2D eigenvalue weighted by Gasteiger charge is -2.33. The Bertz CT molecular complexity index is 742. The van der Waals surface area contributed by atoms with Crippen LogP contribution in [-0.4, -0.2) is 50.1 Å². The van der Waals surface area contributed by atoms with Gasteiger partial charge in [-0.1, -0.05) is 18.2 Å². The van der Waals surface area contributed by atoms with E-state index in [-0.39, 0.29) is 35.9 Å².